The Kier molecular flexibility index (Phi) is 6.53. The fourth-order valence-corrected chi connectivity index (χ4v) is 8.53. The van der Waals surface area contributed by atoms with Crippen LogP contribution in [0.25, 0.3) is 0 Å². The number of nitrogens with two attached hydrogens (primary N) is 1. The van der Waals surface area contributed by atoms with Crippen molar-refractivity contribution in [1.82, 2.24) is 15.0 Å². The van der Waals surface area contributed by atoms with E-state index in [1.54, 1.807) is 26.0 Å². The van der Waals surface area contributed by atoms with Crippen molar-refractivity contribution in [3.8, 4) is 0 Å². The monoisotopic (exact) mass is 519 g/mol. The molecular formula is C25H37N5O5S. The van der Waals surface area contributed by atoms with Crippen molar-refractivity contribution >= 4 is 27.7 Å². The van der Waals surface area contributed by atoms with E-state index in [1.165, 1.54) is 6.20 Å². The van der Waals surface area contributed by atoms with E-state index < -0.39 is 21.0 Å². The summed E-state index contributed by atoms with van der Waals surface area (Å²) >= 11 is 0. The van der Waals surface area contributed by atoms with Gasteiger partial charge in [-0.2, -0.15) is 0 Å². The van der Waals surface area contributed by atoms with E-state index in [-0.39, 0.29) is 41.0 Å². The van der Waals surface area contributed by atoms with Gasteiger partial charge in [0.15, 0.2) is 0 Å². The summed E-state index contributed by atoms with van der Waals surface area (Å²) in [5.74, 6) is 1.34. The molecule has 198 valence electrons. The Morgan fingerprint density at radius 2 is 1.83 bits per heavy atom. The first kappa shape index (κ1) is 25.4. The van der Waals surface area contributed by atoms with Gasteiger partial charge in [-0.1, -0.05) is 0 Å². The Morgan fingerprint density at radius 3 is 2.42 bits per heavy atom. The molecule has 5 fully saturated rings. The maximum atomic E-state index is 13.0. The second-order valence-electron chi connectivity index (χ2n) is 11.8. The van der Waals surface area contributed by atoms with E-state index in [0.717, 1.165) is 32.1 Å². The third-order valence-corrected chi connectivity index (χ3v) is 10.2. The summed E-state index contributed by atoms with van der Waals surface area (Å²) in [5.41, 5.74) is 4.37. The summed E-state index contributed by atoms with van der Waals surface area (Å²) in [4.78, 5) is 31.7. The van der Waals surface area contributed by atoms with Gasteiger partial charge in [0.25, 0.3) is 0 Å². The van der Waals surface area contributed by atoms with Crippen LogP contribution in [0, 0.1) is 23.2 Å². The number of primary amides is 1. The molecule has 0 radical (unpaired) electrons. The van der Waals surface area contributed by atoms with Gasteiger partial charge in [-0.05, 0) is 75.8 Å². The smallest absolute Gasteiger partial charge is 0.242 e. The van der Waals surface area contributed by atoms with Crippen molar-refractivity contribution in [3.05, 3.63) is 18.3 Å². The Morgan fingerprint density at radius 1 is 1.17 bits per heavy atom. The van der Waals surface area contributed by atoms with Crippen LogP contribution in [0.1, 0.15) is 52.4 Å². The van der Waals surface area contributed by atoms with Crippen LogP contribution >= 0.6 is 0 Å². The lowest BCUT2D eigenvalue weighted by molar-refractivity contribution is -0.147. The maximum Gasteiger partial charge on any atom is 0.242 e. The molecule has 1 aliphatic heterocycles. The predicted molar refractivity (Wildman–Crippen MR) is 133 cm³/mol. The molecule has 6 rings (SSSR count). The molecule has 2 atom stereocenters. The summed E-state index contributed by atoms with van der Waals surface area (Å²) < 4.78 is 34.1. The molecule has 4 aliphatic carbocycles. The minimum atomic E-state index is -3.87. The number of carbonyl (C=O) groups excluding carboxylic acids is 2. The highest BCUT2D eigenvalue weighted by Crippen LogP contribution is 2.59. The zero-order valence-corrected chi connectivity index (χ0v) is 21.9. The Balaban J connectivity index is 1.19. The number of morpholine rings is 1. The highest BCUT2D eigenvalue weighted by atomic mass is 32.2. The second kappa shape index (κ2) is 9.25. The molecule has 10 nitrogen and oxygen atoms in total. The number of hydrogen-bond acceptors (Lipinski definition) is 7. The summed E-state index contributed by atoms with van der Waals surface area (Å²) in [5, 5.41) is 3.19. The normalized spacial score (nSPS) is 31.9. The van der Waals surface area contributed by atoms with Gasteiger partial charge in [-0.3, -0.25) is 9.59 Å². The number of rotatable bonds is 8. The topological polar surface area (TPSA) is 144 Å². The van der Waals surface area contributed by atoms with Crippen molar-refractivity contribution in [2.24, 2.45) is 28.9 Å². The van der Waals surface area contributed by atoms with Gasteiger partial charge in [-0.25, -0.2) is 18.1 Å². The number of nitrogens with zero attached hydrogens (tertiary/aromatic N) is 2. The number of hydrogen-bond donors (Lipinski definition) is 3. The molecule has 1 aromatic rings. The predicted octanol–water partition coefficient (Wildman–Crippen LogP) is 1.16. The van der Waals surface area contributed by atoms with E-state index in [2.05, 4.69) is 19.9 Å². The van der Waals surface area contributed by atoms with E-state index in [4.69, 9.17) is 10.5 Å². The lowest BCUT2D eigenvalue weighted by atomic mass is 9.47. The van der Waals surface area contributed by atoms with Crippen molar-refractivity contribution in [3.63, 3.8) is 0 Å². The van der Waals surface area contributed by atoms with Gasteiger partial charge in [0.05, 0.1) is 13.2 Å². The fraction of sp³-hybridized carbons (Fsp3) is 0.720. The van der Waals surface area contributed by atoms with Crippen LogP contribution in [0.3, 0.4) is 0 Å². The zero-order valence-electron chi connectivity index (χ0n) is 21.0. The first-order valence-electron chi connectivity index (χ1n) is 12.9. The molecule has 1 saturated heterocycles. The number of amides is 2. The highest BCUT2D eigenvalue weighted by molar-refractivity contribution is 7.89. The lowest BCUT2D eigenvalue weighted by Crippen LogP contribution is -2.62. The largest absolute Gasteiger partial charge is 0.378 e. The van der Waals surface area contributed by atoms with E-state index in [1.807, 2.05) is 0 Å². The number of anilines is 1. The molecule has 2 unspecified atom stereocenters. The first-order valence-corrected chi connectivity index (χ1v) is 14.4. The van der Waals surface area contributed by atoms with Crippen LogP contribution < -0.4 is 20.7 Å². The highest BCUT2D eigenvalue weighted by Gasteiger charge is 2.58. The number of sulfonamides is 1. The Hall–Kier alpha value is -2.24. The molecule has 0 spiro atoms. The minimum Gasteiger partial charge on any atom is -0.378 e. The van der Waals surface area contributed by atoms with Crippen LogP contribution in [0.5, 0.6) is 0 Å². The molecule has 36 heavy (non-hydrogen) atoms. The minimum absolute atomic E-state index is 0.00580. The van der Waals surface area contributed by atoms with Crippen LogP contribution in [0.2, 0.25) is 0 Å². The van der Waals surface area contributed by atoms with Crippen molar-refractivity contribution in [1.29, 1.82) is 0 Å². The molecule has 1 aromatic heterocycles. The lowest BCUT2D eigenvalue weighted by Gasteiger charge is -2.58. The number of carbonyl (C=O) groups is 2. The van der Waals surface area contributed by atoms with Gasteiger partial charge >= 0.3 is 0 Å². The molecule has 4 bridgehead atoms. The quantitative estimate of drug-likeness (QED) is 0.468. The zero-order chi connectivity index (χ0) is 25.7. The standard InChI is InChI=1S/C25H37N5O5S/c1-24(2,29-36(33,34)19-3-4-20(27-15-19)30-5-7-35-8-6-30)14-21(31)28-22-17-9-16-10-18(22)13-25(11-16,12-17)23(26)32/h3-4,15-18,22,29H,5-14H2,1-2H3,(H2,26,32)(H,28,31). The van der Waals surface area contributed by atoms with Crippen LogP contribution in [-0.2, 0) is 24.3 Å². The SMILES string of the molecule is CC(C)(CC(=O)NC1C2CC3CC1CC(C(N)=O)(C3)C2)NS(=O)(=O)c1ccc(N2CCOCC2)nc1. The molecule has 4 saturated carbocycles. The first-order chi connectivity index (χ1) is 17.0. The number of aromatic nitrogens is 1. The number of nitrogens with one attached hydrogen (secondary N) is 2. The summed E-state index contributed by atoms with van der Waals surface area (Å²) in [7, 11) is -3.87. The van der Waals surface area contributed by atoms with E-state index in [9.17, 15) is 18.0 Å². The molecule has 2 amide bonds. The fourth-order valence-electron chi connectivity index (χ4n) is 7.17. The number of pyridine rings is 1. The molecule has 0 aromatic carbocycles. The van der Waals surface area contributed by atoms with Crippen molar-refractivity contribution in [2.45, 2.75) is 68.8 Å². The van der Waals surface area contributed by atoms with E-state index in [0.29, 0.717) is 38.0 Å². The molecule has 4 N–H and O–H groups in total. The van der Waals surface area contributed by atoms with Gasteiger partial charge in [0.2, 0.25) is 21.8 Å². The molecule has 11 heteroatoms. The van der Waals surface area contributed by atoms with Crippen LogP contribution in [0.4, 0.5) is 5.82 Å². The summed E-state index contributed by atoms with van der Waals surface area (Å²) in [6.45, 7) is 6.08. The molecule has 2 heterocycles. The van der Waals surface area contributed by atoms with Crippen LogP contribution in [-0.4, -0.2) is 63.1 Å². The third kappa shape index (κ3) is 4.97. The Bertz CT molecular complexity index is 1100. The van der Waals surface area contributed by atoms with Gasteiger partial charge in [-0.15, -0.1) is 0 Å². The van der Waals surface area contributed by atoms with Gasteiger partial charge < -0.3 is 20.7 Å². The van der Waals surface area contributed by atoms with Crippen LogP contribution in [0.15, 0.2) is 23.2 Å². The summed E-state index contributed by atoms with van der Waals surface area (Å²) in [6, 6.07) is 3.26. The van der Waals surface area contributed by atoms with Crippen molar-refractivity contribution < 1.29 is 22.7 Å². The maximum absolute atomic E-state index is 13.0. The number of ether oxygens (including phenoxy) is 1. The average molecular weight is 520 g/mol. The average Bonchev–Trinajstić information content (AvgIpc) is 2.80. The molecular weight excluding hydrogens is 482 g/mol. The van der Waals surface area contributed by atoms with Crippen molar-refractivity contribution in [2.75, 3.05) is 31.2 Å². The molecule has 5 aliphatic rings. The van der Waals surface area contributed by atoms with Gasteiger partial charge in [0.1, 0.15) is 10.7 Å². The Labute approximate surface area is 212 Å². The third-order valence-electron chi connectivity index (χ3n) is 8.50. The summed E-state index contributed by atoms with van der Waals surface area (Å²) in [6.07, 6.45) is 5.75. The second-order valence-corrected chi connectivity index (χ2v) is 13.5. The van der Waals surface area contributed by atoms with Gasteiger partial charge in [0, 0.05) is 42.7 Å². The van der Waals surface area contributed by atoms with E-state index >= 15 is 0 Å².